The van der Waals surface area contributed by atoms with Crippen molar-refractivity contribution >= 4 is 11.3 Å². The van der Waals surface area contributed by atoms with Crippen molar-refractivity contribution in [1.82, 2.24) is 14.3 Å². The predicted molar refractivity (Wildman–Crippen MR) is 94.3 cm³/mol. The number of benzene rings is 1. The standard InChI is InChI=1S/C19H22N4/c1-14-6-4-9-18-21-19(15-7-5-8-16(20)12-15)17(23(14)18)13-22-10-2-3-11-22/h4-9,12H,2-3,10-11,13,20H2,1H3. The minimum atomic E-state index is 0.781. The van der Waals surface area contributed by atoms with Crippen LogP contribution in [0.3, 0.4) is 0 Å². The first-order valence-corrected chi connectivity index (χ1v) is 8.27. The van der Waals surface area contributed by atoms with Gasteiger partial charge in [0, 0.05) is 23.5 Å². The molecule has 1 aromatic carbocycles. The lowest BCUT2D eigenvalue weighted by Gasteiger charge is -2.16. The summed E-state index contributed by atoms with van der Waals surface area (Å²) in [6, 6.07) is 14.3. The molecule has 3 heterocycles. The van der Waals surface area contributed by atoms with E-state index in [1.54, 1.807) is 0 Å². The molecular formula is C19H22N4. The van der Waals surface area contributed by atoms with Crippen molar-refractivity contribution in [3.05, 3.63) is 53.9 Å². The number of nitrogen functional groups attached to an aromatic ring is 1. The minimum absolute atomic E-state index is 0.781. The van der Waals surface area contributed by atoms with Crippen molar-refractivity contribution in [3.63, 3.8) is 0 Å². The SMILES string of the molecule is Cc1cccc2nc(-c3cccc(N)c3)c(CN3CCCC3)n12. The van der Waals surface area contributed by atoms with Gasteiger partial charge < -0.3 is 5.73 Å². The lowest BCUT2D eigenvalue weighted by molar-refractivity contribution is 0.326. The second kappa shape index (κ2) is 5.70. The maximum Gasteiger partial charge on any atom is 0.137 e. The fraction of sp³-hybridized carbons (Fsp3) is 0.316. The van der Waals surface area contributed by atoms with Crippen LogP contribution in [0.4, 0.5) is 5.69 Å². The Labute approximate surface area is 136 Å². The first kappa shape index (κ1) is 14.3. The summed E-state index contributed by atoms with van der Waals surface area (Å²) in [6.45, 7) is 5.44. The molecule has 2 aromatic heterocycles. The fourth-order valence-electron chi connectivity index (χ4n) is 3.54. The zero-order valence-electron chi connectivity index (χ0n) is 13.5. The molecule has 1 saturated heterocycles. The third-order valence-corrected chi connectivity index (χ3v) is 4.67. The highest BCUT2D eigenvalue weighted by molar-refractivity contribution is 5.69. The van der Waals surface area contributed by atoms with Crippen LogP contribution in [0.25, 0.3) is 16.9 Å². The quantitative estimate of drug-likeness (QED) is 0.754. The summed E-state index contributed by atoms with van der Waals surface area (Å²) >= 11 is 0. The molecule has 4 nitrogen and oxygen atoms in total. The molecule has 0 aliphatic carbocycles. The Morgan fingerprint density at radius 2 is 1.87 bits per heavy atom. The second-order valence-corrected chi connectivity index (χ2v) is 6.38. The Morgan fingerprint density at radius 1 is 1.09 bits per heavy atom. The molecule has 1 aliphatic heterocycles. The molecule has 0 saturated carbocycles. The summed E-state index contributed by atoms with van der Waals surface area (Å²) < 4.78 is 2.29. The van der Waals surface area contributed by atoms with Gasteiger partial charge in [0.2, 0.25) is 0 Å². The summed E-state index contributed by atoms with van der Waals surface area (Å²) in [4.78, 5) is 7.43. The van der Waals surface area contributed by atoms with E-state index in [0.29, 0.717) is 0 Å². The molecule has 0 amide bonds. The van der Waals surface area contributed by atoms with Gasteiger partial charge >= 0.3 is 0 Å². The molecule has 0 atom stereocenters. The fourth-order valence-corrected chi connectivity index (χ4v) is 3.54. The molecular weight excluding hydrogens is 284 g/mol. The number of nitrogens with two attached hydrogens (primary N) is 1. The molecule has 1 fully saturated rings. The van der Waals surface area contributed by atoms with Crippen molar-refractivity contribution in [2.24, 2.45) is 0 Å². The number of pyridine rings is 1. The molecule has 4 heteroatoms. The van der Waals surface area contributed by atoms with Crippen molar-refractivity contribution in [2.45, 2.75) is 26.3 Å². The van der Waals surface area contributed by atoms with Crippen LogP contribution >= 0.6 is 0 Å². The predicted octanol–water partition coefficient (Wildman–Crippen LogP) is 3.49. The first-order valence-electron chi connectivity index (χ1n) is 8.27. The van der Waals surface area contributed by atoms with Gasteiger partial charge in [-0.15, -0.1) is 0 Å². The molecule has 118 valence electrons. The second-order valence-electron chi connectivity index (χ2n) is 6.38. The molecule has 23 heavy (non-hydrogen) atoms. The number of aromatic nitrogens is 2. The van der Waals surface area contributed by atoms with E-state index < -0.39 is 0 Å². The van der Waals surface area contributed by atoms with Gasteiger partial charge in [-0.2, -0.15) is 0 Å². The highest BCUT2D eigenvalue weighted by Gasteiger charge is 2.20. The Hall–Kier alpha value is -2.33. The Bertz CT molecular complexity index is 844. The number of imidazole rings is 1. The topological polar surface area (TPSA) is 46.6 Å². The van der Waals surface area contributed by atoms with E-state index in [1.807, 2.05) is 18.2 Å². The third kappa shape index (κ3) is 2.59. The van der Waals surface area contributed by atoms with Crippen LogP contribution in [-0.4, -0.2) is 27.4 Å². The van der Waals surface area contributed by atoms with Crippen molar-refractivity contribution in [1.29, 1.82) is 0 Å². The van der Waals surface area contributed by atoms with E-state index in [4.69, 9.17) is 10.7 Å². The van der Waals surface area contributed by atoms with Crippen LogP contribution < -0.4 is 5.73 Å². The van der Waals surface area contributed by atoms with Crippen LogP contribution in [0, 0.1) is 6.92 Å². The van der Waals surface area contributed by atoms with E-state index in [1.165, 1.54) is 37.3 Å². The summed E-state index contributed by atoms with van der Waals surface area (Å²) in [5, 5.41) is 0. The maximum absolute atomic E-state index is 5.99. The molecule has 4 rings (SSSR count). The number of hydrogen-bond donors (Lipinski definition) is 1. The molecule has 0 bridgehead atoms. The number of fused-ring (bicyclic) bond motifs is 1. The Balaban J connectivity index is 1.90. The first-order chi connectivity index (χ1) is 11.2. The third-order valence-electron chi connectivity index (χ3n) is 4.67. The highest BCUT2D eigenvalue weighted by Crippen LogP contribution is 2.28. The van der Waals surface area contributed by atoms with Crippen LogP contribution in [0.2, 0.25) is 0 Å². The Morgan fingerprint density at radius 3 is 2.65 bits per heavy atom. The van der Waals surface area contributed by atoms with Crippen LogP contribution in [0.1, 0.15) is 24.2 Å². The lowest BCUT2D eigenvalue weighted by Crippen LogP contribution is -2.20. The zero-order valence-corrected chi connectivity index (χ0v) is 13.5. The summed E-state index contributed by atoms with van der Waals surface area (Å²) in [5.41, 5.74) is 12.4. The molecule has 0 radical (unpaired) electrons. The summed E-state index contributed by atoms with van der Waals surface area (Å²) in [7, 11) is 0. The summed E-state index contributed by atoms with van der Waals surface area (Å²) in [6.07, 6.45) is 2.59. The Kier molecular flexibility index (Phi) is 3.54. The van der Waals surface area contributed by atoms with Crippen LogP contribution in [0.5, 0.6) is 0 Å². The van der Waals surface area contributed by atoms with Gasteiger partial charge in [0.1, 0.15) is 5.65 Å². The monoisotopic (exact) mass is 306 g/mol. The largest absolute Gasteiger partial charge is 0.399 e. The van der Waals surface area contributed by atoms with Gasteiger partial charge in [0.15, 0.2) is 0 Å². The van der Waals surface area contributed by atoms with Gasteiger partial charge in [-0.25, -0.2) is 4.98 Å². The molecule has 0 spiro atoms. The van der Waals surface area contributed by atoms with E-state index in [9.17, 15) is 0 Å². The average molecular weight is 306 g/mol. The highest BCUT2D eigenvalue weighted by atomic mass is 15.2. The van der Waals surface area contributed by atoms with Gasteiger partial charge in [0.05, 0.1) is 11.4 Å². The van der Waals surface area contributed by atoms with Gasteiger partial charge in [-0.05, 0) is 57.1 Å². The van der Waals surface area contributed by atoms with Crippen LogP contribution in [0.15, 0.2) is 42.5 Å². The zero-order chi connectivity index (χ0) is 15.8. The van der Waals surface area contributed by atoms with Gasteiger partial charge in [-0.1, -0.05) is 18.2 Å². The van der Waals surface area contributed by atoms with Gasteiger partial charge in [-0.3, -0.25) is 9.30 Å². The molecule has 2 N–H and O–H groups in total. The smallest absolute Gasteiger partial charge is 0.137 e. The molecule has 0 unspecified atom stereocenters. The normalized spacial score (nSPS) is 15.5. The van der Waals surface area contributed by atoms with Crippen molar-refractivity contribution in [3.8, 4) is 11.3 Å². The van der Waals surface area contributed by atoms with Crippen molar-refractivity contribution < 1.29 is 0 Å². The lowest BCUT2D eigenvalue weighted by atomic mass is 10.1. The number of anilines is 1. The van der Waals surface area contributed by atoms with E-state index in [2.05, 4.69) is 40.5 Å². The molecule has 1 aliphatic rings. The van der Waals surface area contributed by atoms with E-state index in [0.717, 1.165) is 29.1 Å². The minimum Gasteiger partial charge on any atom is -0.399 e. The van der Waals surface area contributed by atoms with E-state index in [-0.39, 0.29) is 0 Å². The van der Waals surface area contributed by atoms with Crippen LogP contribution in [-0.2, 0) is 6.54 Å². The number of aryl methyl sites for hydroxylation is 1. The van der Waals surface area contributed by atoms with Crippen molar-refractivity contribution in [2.75, 3.05) is 18.8 Å². The van der Waals surface area contributed by atoms with Gasteiger partial charge in [0.25, 0.3) is 0 Å². The number of likely N-dealkylation sites (tertiary alicyclic amines) is 1. The van der Waals surface area contributed by atoms with E-state index >= 15 is 0 Å². The average Bonchev–Trinajstić information content (AvgIpc) is 3.16. The number of rotatable bonds is 3. The summed E-state index contributed by atoms with van der Waals surface area (Å²) in [5.74, 6) is 0. The number of hydrogen-bond acceptors (Lipinski definition) is 3. The maximum atomic E-state index is 5.99. The molecule has 3 aromatic rings. The number of nitrogens with zero attached hydrogens (tertiary/aromatic N) is 3.